The Hall–Kier alpha value is -2.02. The molecule has 1 heterocycles. The molecular formula is C12H12FN3O2S. The number of aromatic nitrogens is 2. The molecule has 0 saturated heterocycles. The van der Waals surface area contributed by atoms with Crippen LogP contribution < -0.4 is 15.1 Å². The lowest BCUT2D eigenvalue weighted by Gasteiger charge is -2.11. The van der Waals surface area contributed by atoms with Crippen molar-refractivity contribution in [2.45, 2.75) is 11.8 Å². The molecular weight excluding hydrogens is 269 g/mol. The summed E-state index contributed by atoms with van der Waals surface area (Å²) in [7, 11) is 1.41. The Morgan fingerprint density at radius 2 is 2.26 bits per heavy atom. The topological polar surface area (TPSA) is 67.0 Å². The van der Waals surface area contributed by atoms with Gasteiger partial charge in [0.25, 0.3) is 0 Å². The largest absolute Gasteiger partial charge is 0.492 e. The van der Waals surface area contributed by atoms with E-state index in [0.29, 0.717) is 10.6 Å². The smallest absolute Gasteiger partial charge is 0.344 e. The van der Waals surface area contributed by atoms with Crippen LogP contribution in [0.3, 0.4) is 0 Å². The number of anilines is 1. The number of aromatic amines is 1. The Balaban J connectivity index is 2.19. The maximum atomic E-state index is 13.7. The third kappa shape index (κ3) is 3.25. The minimum atomic E-state index is -0.426. The molecule has 100 valence electrons. The van der Waals surface area contributed by atoms with Crippen LogP contribution in [-0.4, -0.2) is 17.1 Å². The Morgan fingerprint density at radius 3 is 2.89 bits per heavy atom. The minimum Gasteiger partial charge on any atom is -0.492 e. The van der Waals surface area contributed by atoms with E-state index in [4.69, 9.17) is 4.74 Å². The van der Waals surface area contributed by atoms with Gasteiger partial charge in [-0.2, -0.15) is 0 Å². The molecule has 0 unspecified atom stereocenters. The van der Waals surface area contributed by atoms with Crippen molar-refractivity contribution < 1.29 is 9.13 Å². The first kappa shape index (κ1) is 13.4. The lowest BCUT2D eigenvalue weighted by molar-refractivity contribution is 0.388. The molecule has 7 heteroatoms. The van der Waals surface area contributed by atoms with Crippen LogP contribution in [0.4, 0.5) is 10.1 Å². The average molecular weight is 281 g/mol. The molecule has 0 spiro atoms. The molecule has 5 nitrogen and oxygen atoms in total. The number of rotatable bonds is 4. The van der Waals surface area contributed by atoms with E-state index >= 15 is 0 Å². The highest BCUT2D eigenvalue weighted by Gasteiger charge is 2.10. The molecule has 0 aliphatic carbocycles. The van der Waals surface area contributed by atoms with Gasteiger partial charge in [0.1, 0.15) is 0 Å². The number of benzene rings is 1. The monoisotopic (exact) mass is 281 g/mol. The minimum absolute atomic E-state index is 0.149. The van der Waals surface area contributed by atoms with E-state index in [1.165, 1.54) is 37.5 Å². The Labute approximate surface area is 113 Å². The summed E-state index contributed by atoms with van der Waals surface area (Å²) in [5.74, 6) is -0.277. The normalized spacial score (nSPS) is 10.3. The highest BCUT2D eigenvalue weighted by atomic mass is 32.2. The van der Waals surface area contributed by atoms with Crippen molar-refractivity contribution in [1.82, 2.24) is 9.97 Å². The summed E-state index contributed by atoms with van der Waals surface area (Å²) in [6.07, 6.45) is 2.95. The predicted molar refractivity (Wildman–Crippen MR) is 72.0 cm³/mol. The van der Waals surface area contributed by atoms with Crippen LogP contribution in [0.25, 0.3) is 0 Å². The first-order valence-corrected chi connectivity index (χ1v) is 6.23. The maximum Gasteiger partial charge on any atom is 0.344 e. The summed E-state index contributed by atoms with van der Waals surface area (Å²) in [6, 6.07) is 3.17. The number of ether oxygens (including phenoxy) is 1. The molecule has 2 rings (SSSR count). The van der Waals surface area contributed by atoms with E-state index in [0.717, 1.165) is 5.56 Å². The average Bonchev–Trinajstić information content (AvgIpc) is 2.37. The summed E-state index contributed by atoms with van der Waals surface area (Å²) in [6.45, 7) is 1.79. The summed E-state index contributed by atoms with van der Waals surface area (Å²) in [4.78, 5) is 17.6. The van der Waals surface area contributed by atoms with Crippen LogP contribution in [0.1, 0.15) is 5.56 Å². The molecule has 0 atom stereocenters. The molecule has 0 saturated carbocycles. The second kappa shape index (κ2) is 5.75. The van der Waals surface area contributed by atoms with Gasteiger partial charge in [-0.3, -0.25) is 0 Å². The number of aryl methyl sites for hydroxylation is 1. The van der Waals surface area contributed by atoms with Crippen LogP contribution in [0, 0.1) is 12.7 Å². The van der Waals surface area contributed by atoms with Gasteiger partial charge in [0.2, 0.25) is 0 Å². The van der Waals surface area contributed by atoms with Crippen molar-refractivity contribution in [3.63, 3.8) is 0 Å². The summed E-state index contributed by atoms with van der Waals surface area (Å²) in [5, 5.41) is 0. The zero-order chi connectivity index (χ0) is 13.8. The van der Waals surface area contributed by atoms with E-state index in [9.17, 15) is 9.18 Å². The Morgan fingerprint density at radius 1 is 1.47 bits per heavy atom. The van der Waals surface area contributed by atoms with Crippen LogP contribution in [0.15, 0.2) is 34.2 Å². The standard InChI is InChI=1S/C12H12FN3O2S/c1-7-3-9(13)11(18-2)10(4-7)16-19-8-5-14-12(17)15-6-8/h3-6,16H,1-2H3,(H,14,15,17). The second-order valence-corrected chi connectivity index (χ2v) is 4.67. The summed E-state index contributed by atoms with van der Waals surface area (Å²) >= 11 is 1.20. The molecule has 0 bridgehead atoms. The van der Waals surface area contributed by atoms with Gasteiger partial charge < -0.3 is 14.4 Å². The third-order valence-electron chi connectivity index (χ3n) is 2.32. The molecule has 1 aromatic carbocycles. The quantitative estimate of drug-likeness (QED) is 0.842. The van der Waals surface area contributed by atoms with Crippen molar-refractivity contribution in [2.75, 3.05) is 11.8 Å². The van der Waals surface area contributed by atoms with Crippen LogP contribution in [0.2, 0.25) is 0 Å². The molecule has 2 aromatic rings. The van der Waals surface area contributed by atoms with Crippen molar-refractivity contribution in [1.29, 1.82) is 0 Å². The SMILES string of the molecule is COc1c(F)cc(C)cc1NSc1cnc(=O)[nH]c1. The fourth-order valence-electron chi connectivity index (χ4n) is 1.51. The molecule has 0 aliphatic rings. The molecule has 0 aliphatic heterocycles. The van der Waals surface area contributed by atoms with Crippen LogP contribution >= 0.6 is 11.9 Å². The van der Waals surface area contributed by atoms with E-state index in [1.54, 1.807) is 13.0 Å². The van der Waals surface area contributed by atoms with Gasteiger partial charge in [-0.05, 0) is 36.6 Å². The maximum absolute atomic E-state index is 13.7. The highest BCUT2D eigenvalue weighted by Crippen LogP contribution is 2.32. The number of H-pyrrole nitrogens is 1. The zero-order valence-electron chi connectivity index (χ0n) is 10.4. The predicted octanol–water partition coefficient (Wildman–Crippen LogP) is 2.35. The van der Waals surface area contributed by atoms with Gasteiger partial charge in [-0.25, -0.2) is 14.2 Å². The second-order valence-electron chi connectivity index (χ2n) is 3.79. The van der Waals surface area contributed by atoms with Gasteiger partial charge in [0.15, 0.2) is 11.6 Å². The highest BCUT2D eigenvalue weighted by molar-refractivity contribution is 8.00. The van der Waals surface area contributed by atoms with Crippen molar-refractivity contribution >= 4 is 17.6 Å². The number of nitrogens with zero attached hydrogens (tertiary/aromatic N) is 1. The number of methoxy groups -OCH3 is 1. The first-order valence-electron chi connectivity index (χ1n) is 5.42. The molecule has 2 N–H and O–H groups in total. The lowest BCUT2D eigenvalue weighted by Crippen LogP contribution is -2.08. The molecule has 0 radical (unpaired) electrons. The van der Waals surface area contributed by atoms with Gasteiger partial charge in [-0.15, -0.1) is 0 Å². The van der Waals surface area contributed by atoms with Gasteiger partial charge >= 0.3 is 5.69 Å². The van der Waals surface area contributed by atoms with E-state index in [1.807, 2.05) is 0 Å². The van der Waals surface area contributed by atoms with Gasteiger partial charge in [0.05, 0.1) is 17.7 Å². The number of hydrogen-bond acceptors (Lipinski definition) is 5. The van der Waals surface area contributed by atoms with Gasteiger partial charge in [0, 0.05) is 12.4 Å². The summed E-state index contributed by atoms with van der Waals surface area (Å²) < 4.78 is 21.6. The number of hydrogen-bond donors (Lipinski definition) is 2. The summed E-state index contributed by atoms with van der Waals surface area (Å²) in [5.41, 5.74) is 0.890. The lowest BCUT2D eigenvalue weighted by atomic mass is 10.2. The molecule has 19 heavy (non-hydrogen) atoms. The third-order valence-corrected chi connectivity index (χ3v) is 3.10. The number of nitrogens with one attached hydrogen (secondary N) is 2. The zero-order valence-corrected chi connectivity index (χ0v) is 11.2. The van der Waals surface area contributed by atoms with Gasteiger partial charge in [-0.1, -0.05) is 0 Å². The Kier molecular flexibility index (Phi) is 4.06. The van der Waals surface area contributed by atoms with Crippen molar-refractivity contribution in [2.24, 2.45) is 0 Å². The molecule has 0 fully saturated rings. The molecule has 0 amide bonds. The van der Waals surface area contributed by atoms with E-state index < -0.39 is 11.5 Å². The number of halogens is 1. The fourth-order valence-corrected chi connectivity index (χ4v) is 2.11. The first-order chi connectivity index (χ1) is 9.10. The van der Waals surface area contributed by atoms with E-state index in [-0.39, 0.29) is 5.75 Å². The Bertz CT molecular complexity index is 625. The van der Waals surface area contributed by atoms with Crippen molar-refractivity contribution in [3.05, 3.63) is 46.4 Å². The van der Waals surface area contributed by atoms with E-state index in [2.05, 4.69) is 14.7 Å². The van der Waals surface area contributed by atoms with Crippen molar-refractivity contribution in [3.8, 4) is 5.75 Å². The fraction of sp³-hybridized carbons (Fsp3) is 0.167. The molecule has 1 aromatic heterocycles. The van der Waals surface area contributed by atoms with Crippen LogP contribution in [0.5, 0.6) is 5.75 Å². The van der Waals surface area contributed by atoms with Crippen LogP contribution in [-0.2, 0) is 0 Å².